The molecule has 1 nitrogen and oxygen atoms in total. The van der Waals surface area contributed by atoms with Crippen molar-refractivity contribution in [2.24, 2.45) is 0 Å². The summed E-state index contributed by atoms with van der Waals surface area (Å²) < 4.78 is 9.55. The van der Waals surface area contributed by atoms with E-state index in [0.717, 1.165) is 27.5 Å². The molecule has 0 bridgehead atoms. The Hall–Kier alpha value is -6.48. The van der Waals surface area contributed by atoms with Crippen molar-refractivity contribution in [2.75, 3.05) is 0 Å². The first-order valence-electron chi connectivity index (χ1n) is 18.6. The van der Waals surface area contributed by atoms with Gasteiger partial charge in [-0.3, -0.25) is 0 Å². The molecule has 0 amide bonds. The van der Waals surface area contributed by atoms with Gasteiger partial charge in [0.25, 0.3) is 0 Å². The maximum atomic E-state index is 6.95. The number of fused-ring (bicyclic) bond motifs is 13. The van der Waals surface area contributed by atoms with E-state index in [0.29, 0.717) is 0 Å². The first-order chi connectivity index (χ1) is 26.7. The first-order valence-corrected chi connectivity index (χ1v) is 19.5. The molecule has 0 spiro atoms. The van der Waals surface area contributed by atoms with Crippen LogP contribution in [0.3, 0.4) is 0 Å². The molecule has 2 aromatic heterocycles. The predicted molar refractivity (Wildman–Crippen MR) is 236 cm³/mol. The van der Waals surface area contributed by atoms with Gasteiger partial charge in [-0.25, -0.2) is 0 Å². The van der Waals surface area contributed by atoms with E-state index in [1.807, 2.05) is 11.3 Å². The van der Waals surface area contributed by atoms with Crippen LogP contribution in [0.15, 0.2) is 174 Å². The van der Waals surface area contributed by atoms with Crippen molar-refractivity contribution in [3.63, 3.8) is 0 Å². The van der Waals surface area contributed by atoms with Gasteiger partial charge in [-0.05, 0) is 103 Å². The van der Waals surface area contributed by atoms with Crippen LogP contribution in [0.1, 0.15) is 19.4 Å². The van der Waals surface area contributed by atoms with Gasteiger partial charge in [0.05, 0.1) is 0 Å². The lowest BCUT2D eigenvalue weighted by atomic mass is 9.83. The maximum Gasteiger partial charge on any atom is 0.144 e. The molecule has 11 rings (SSSR count). The third-order valence-corrected chi connectivity index (χ3v) is 12.5. The highest BCUT2D eigenvalue weighted by Gasteiger charge is 2.22. The van der Waals surface area contributed by atoms with E-state index in [-0.39, 0.29) is 0 Å². The van der Waals surface area contributed by atoms with Crippen LogP contribution in [0.25, 0.3) is 113 Å². The summed E-state index contributed by atoms with van der Waals surface area (Å²) >= 11 is 1.87. The molecule has 9 aromatic carbocycles. The molecule has 54 heavy (non-hydrogen) atoms. The van der Waals surface area contributed by atoms with Gasteiger partial charge in [-0.1, -0.05) is 152 Å². The Morgan fingerprint density at radius 1 is 0.519 bits per heavy atom. The molecule has 0 aliphatic heterocycles. The van der Waals surface area contributed by atoms with Crippen LogP contribution in [0, 0.1) is 0 Å². The second-order valence-electron chi connectivity index (χ2n) is 14.3. The van der Waals surface area contributed by atoms with E-state index >= 15 is 0 Å². The van der Waals surface area contributed by atoms with E-state index in [9.17, 15) is 0 Å². The monoisotopic (exact) mass is 706 g/mol. The summed E-state index contributed by atoms with van der Waals surface area (Å²) in [6.45, 7) is 4.26. The number of rotatable bonds is 4. The minimum absolute atomic E-state index is 0.915. The zero-order chi connectivity index (χ0) is 35.9. The molecule has 0 N–H and O–H groups in total. The van der Waals surface area contributed by atoms with E-state index in [1.165, 1.54) is 91.1 Å². The quantitative estimate of drug-likeness (QED) is 0.131. The molecule has 0 saturated carbocycles. The third kappa shape index (κ3) is 4.44. The fourth-order valence-corrected chi connectivity index (χ4v) is 10.2. The van der Waals surface area contributed by atoms with Gasteiger partial charge in [0.15, 0.2) is 0 Å². The molecule has 2 heteroatoms. The fraction of sp³-hybridized carbons (Fsp3) is 0.0385. The van der Waals surface area contributed by atoms with Crippen LogP contribution in [0.4, 0.5) is 0 Å². The van der Waals surface area contributed by atoms with Crippen molar-refractivity contribution < 1.29 is 4.42 Å². The van der Waals surface area contributed by atoms with Crippen LogP contribution in [0.5, 0.6) is 0 Å². The Morgan fingerprint density at radius 3 is 1.81 bits per heavy atom. The molecule has 0 aliphatic carbocycles. The topological polar surface area (TPSA) is 13.1 Å². The first kappa shape index (κ1) is 31.1. The average molecular weight is 707 g/mol. The highest BCUT2D eigenvalue weighted by Crippen LogP contribution is 2.50. The molecular weight excluding hydrogens is 673 g/mol. The predicted octanol–water partition coefficient (Wildman–Crippen LogP) is 15.9. The average Bonchev–Trinajstić information content (AvgIpc) is 3.81. The molecule has 0 aliphatic rings. The fourth-order valence-electron chi connectivity index (χ4n) is 8.98. The van der Waals surface area contributed by atoms with Crippen LogP contribution in [-0.4, -0.2) is 0 Å². The van der Waals surface area contributed by atoms with Gasteiger partial charge in [0.1, 0.15) is 11.2 Å². The van der Waals surface area contributed by atoms with Crippen LogP contribution in [-0.2, 0) is 0 Å². The summed E-state index contributed by atoms with van der Waals surface area (Å²) in [5, 5.41) is 14.9. The van der Waals surface area contributed by atoms with Gasteiger partial charge >= 0.3 is 0 Å². The molecule has 0 radical (unpaired) electrons. The molecular formula is C52H34OS. The highest BCUT2D eigenvalue weighted by atomic mass is 32.1. The van der Waals surface area contributed by atoms with Crippen LogP contribution >= 0.6 is 11.3 Å². The Labute approximate surface area is 316 Å². The lowest BCUT2D eigenvalue weighted by Gasteiger charge is -2.19. The van der Waals surface area contributed by atoms with Gasteiger partial charge in [-0.15, -0.1) is 11.3 Å². The van der Waals surface area contributed by atoms with E-state index in [2.05, 4.69) is 184 Å². The lowest BCUT2D eigenvalue weighted by molar-refractivity contribution is 0.673. The lowest BCUT2D eigenvalue weighted by Crippen LogP contribution is -1.93. The Balaban J connectivity index is 1.19. The summed E-state index contributed by atoms with van der Waals surface area (Å²) in [4.78, 5) is 0. The second kappa shape index (κ2) is 12.0. The van der Waals surface area contributed by atoms with Crippen molar-refractivity contribution in [1.29, 1.82) is 0 Å². The molecule has 0 atom stereocenters. The number of hydrogen-bond donors (Lipinski definition) is 0. The summed E-state index contributed by atoms with van der Waals surface area (Å²) in [5.74, 6) is 0. The number of thiophene rings is 1. The van der Waals surface area contributed by atoms with Crippen molar-refractivity contribution in [2.45, 2.75) is 13.8 Å². The molecule has 0 saturated heterocycles. The number of benzene rings is 9. The van der Waals surface area contributed by atoms with E-state index in [4.69, 9.17) is 4.42 Å². The third-order valence-electron chi connectivity index (χ3n) is 11.3. The summed E-state index contributed by atoms with van der Waals surface area (Å²) in [6, 6.07) is 55.7. The highest BCUT2D eigenvalue weighted by molar-refractivity contribution is 7.27. The normalized spacial score (nSPS) is 12.7. The molecule has 254 valence electrons. The van der Waals surface area contributed by atoms with Crippen LogP contribution in [0.2, 0.25) is 0 Å². The second-order valence-corrected chi connectivity index (χ2v) is 15.3. The Morgan fingerprint density at radius 2 is 1.11 bits per heavy atom. The van der Waals surface area contributed by atoms with Crippen molar-refractivity contribution in [3.05, 3.63) is 175 Å². The summed E-state index contributed by atoms with van der Waals surface area (Å²) in [6.07, 6.45) is 6.40. The SMILES string of the molecule is C/C=C\C=C(/C)c1ccc(-c2c3ccccc3c(-c3ccc4c(c3)oc3c5ccccc5c5c6ccccc6sc5c43)c3ccccc23)c2ccccc12. The Bertz CT molecular complexity index is 3350. The van der Waals surface area contributed by atoms with Crippen molar-refractivity contribution in [3.8, 4) is 22.3 Å². The summed E-state index contributed by atoms with van der Waals surface area (Å²) in [7, 11) is 0. The molecule has 11 aromatic rings. The zero-order valence-electron chi connectivity index (χ0n) is 30.0. The van der Waals surface area contributed by atoms with Gasteiger partial charge in [0, 0.05) is 36.3 Å². The smallest absolute Gasteiger partial charge is 0.144 e. The minimum atomic E-state index is 0.915. The summed E-state index contributed by atoms with van der Waals surface area (Å²) in [5.41, 5.74) is 9.30. The standard InChI is InChI=1S/C52H34OS/c1-3-4-15-31(2)33-28-29-41(35-17-6-5-16-34(33)35)48-38-20-9-7-18-36(38)47(37-19-8-10-21-39(37)48)32-26-27-43-45(30-32)53-51-42-23-12-11-22-40(42)49-44-24-13-14-25-46(44)54-52(49)50(43)51/h3-30H,1-2H3/b4-3-,31-15+. The van der Waals surface area contributed by atoms with Gasteiger partial charge in [-0.2, -0.15) is 0 Å². The number of furan rings is 1. The van der Waals surface area contributed by atoms with Crippen molar-refractivity contribution in [1.82, 2.24) is 0 Å². The molecule has 2 heterocycles. The van der Waals surface area contributed by atoms with Crippen LogP contribution < -0.4 is 0 Å². The van der Waals surface area contributed by atoms with Crippen molar-refractivity contribution >= 4 is 102 Å². The number of allylic oxidation sites excluding steroid dienone is 4. The number of hydrogen-bond acceptors (Lipinski definition) is 2. The molecule has 0 fully saturated rings. The van der Waals surface area contributed by atoms with E-state index < -0.39 is 0 Å². The van der Waals surface area contributed by atoms with Gasteiger partial charge in [0.2, 0.25) is 0 Å². The van der Waals surface area contributed by atoms with E-state index in [1.54, 1.807) is 0 Å². The van der Waals surface area contributed by atoms with Gasteiger partial charge < -0.3 is 4.42 Å². The Kier molecular flexibility index (Phi) is 6.92. The molecule has 0 unspecified atom stereocenters. The maximum absolute atomic E-state index is 6.95. The zero-order valence-corrected chi connectivity index (χ0v) is 30.8. The minimum Gasteiger partial charge on any atom is -0.455 e. The largest absolute Gasteiger partial charge is 0.455 e.